The number of nitrogens with one attached hydrogen (secondary N) is 1. The number of fused-ring (bicyclic) bond motifs is 1. The van der Waals surface area contributed by atoms with E-state index in [1.165, 1.54) is 9.13 Å². The van der Waals surface area contributed by atoms with Crippen LogP contribution in [-0.4, -0.2) is 31.8 Å². The Balaban J connectivity index is 2.37. The van der Waals surface area contributed by atoms with Gasteiger partial charge in [-0.15, -0.1) is 0 Å². The van der Waals surface area contributed by atoms with Gasteiger partial charge in [-0.25, -0.2) is 9.78 Å². The Bertz CT molecular complexity index is 808. The molecule has 2 aromatic heterocycles. The first kappa shape index (κ1) is 15.0. The van der Waals surface area contributed by atoms with E-state index in [0.717, 1.165) is 38.2 Å². The van der Waals surface area contributed by atoms with E-state index in [4.69, 9.17) is 0 Å². The summed E-state index contributed by atoms with van der Waals surface area (Å²) in [7, 11) is 1.69. The number of hydrogen-bond acceptors (Lipinski definition) is 4. The molecule has 3 rings (SSSR count). The smallest absolute Gasteiger partial charge is 0.319 e. The van der Waals surface area contributed by atoms with Gasteiger partial charge in [-0.05, 0) is 32.9 Å². The summed E-state index contributed by atoms with van der Waals surface area (Å²) in [6.45, 7) is 6.12. The fourth-order valence-electron chi connectivity index (χ4n) is 3.37. The Kier molecular flexibility index (Phi) is 3.90. The maximum Gasteiger partial charge on any atom is 0.332 e. The van der Waals surface area contributed by atoms with Crippen LogP contribution < -0.4 is 16.6 Å². The van der Waals surface area contributed by atoms with Crippen molar-refractivity contribution in [3.05, 3.63) is 26.7 Å². The maximum atomic E-state index is 12.8. The quantitative estimate of drug-likeness (QED) is 0.891. The first-order valence-electron chi connectivity index (χ1n) is 8.01. The standard InChI is InChI=1S/C15H23N5O2/c1-4-11-17-13-12(20(11)10-6-8-16-9-7-10)14(21)19(5-2)15(22)18(13)3/h10,16H,4-9H2,1-3H3. The zero-order valence-corrected chi connectivity index (χ0v) is 13.4. The van der Waals surface area contributed by atoms with Crippen LogP contribution in [0.3, 0.4) is 0 Å². The molecule has 0 unspecified atom stereocenters. The van der Waals surface area contributed by atoms with Gasteiger partial charge in [0.2, 0.25) is 0 Å². The molecule has 0 radical (unpaired) electrons. The van der Waals surface area contributed by atoms with Crippen LogP contribution in [0, 0.1) is 0 Å². The molecule has 0 aliphatic carbocycles. The summed E-state index contributed by atoms with van der Waals surface area (Å²) in [5.41, 5.74) is 0.576. The molecule has 1 fully saturated rings. The average Bonchev–Trinajstić information content (AvgIpc) is 2.94. The molecule has 1 aliphatic heterocycles. The summed E-state index contributed by atoms with van der Waals surface area (Å²) in [6, 6.07) is 0.275. The molecule has 7 heteroatoms. The summed E-state index contributed by atoms with van der Waals surface area (Å²) >= 11 is 0. The molecule has 3 heterocycles. The van der Waals surface area contributed by atoms with Crippen molar-refractivity contribution in [2.24, 2.45) is 7.05 Å². The summed E-state index contributed by atoms with van der Waals surface area (Å²) in [6.07, 6.45) is 2.71. The molecule has 0 aromatic carbocycles. The van der Waals surface area contributed by atoms with Crippen molar-refractivity contribution < 1.29 is 0 Å². The lowest BCUT2D eigenvalue weighted by molar-refractivity contribution is 0.366. The Hall–Kier alpha value is -1.89. The van der Waals surface area contributed by atoms with E-state index >= 15 is 0 Å². The molecule has 1 N–H and O–H groups in total. The molecule has 0 atom stereocenters. The number of imidazole rings is 1. The van der Waals surface area contributed by atoms with Crippen LogP contribution in [0.15, 0.2) is 9.59 Å². The molecule has 0 spiro atoms. The van der Waals surface area contributed by atoms with Gasteiger partial charge in [0.25, 0.3) is 5.56 Å². The molecule has 1 aliphatic rings. The van der Waals surface area contributed by atoms with Crippen LogP contribution in [0.5, 0.6) is 0 Å². The lowest BCUT2D eigenvalue weighted by Crippen LogP contribution is -2.40. The summed E-state index contributed by atoms with van der Waals surface area (Å²) in [4.78, 5) is 29.7. The van der Waals surface area contributed by atoms with E-state index in [1.54, 1.807) is 7.05 Å². The number of aryl methyl sites for hydroxylation is 2. The van der Waals surface area contributed by atoms with Gasteiger partial charge in [-0.2, -0.15) is 0 Å². The third-order valence-electron chi connectivity index (χ3n) is 4.56. The van der Waals surface area contributed by atoms with E-state index in [9.17, 15) is 9.59 Å². The number of nitrogens with zero attached hydrogens (tertiary/aromatic N) is 4. The fraction of sp³-hybridized carbons (Fsp3) is 0.667. The van der Waals surface area contributed by atoms with Crippen molar-refractivity contribution in [2.45, 2.75) is 45.7 Å². The van der Waals surface area contributed by atoms with Crippen LogP contribution in [0.1, 0.15) is 38.6 Å². The zero-order chi connectivity index (χ0) is 15.9. The average molecular weight is 305 g/mol. The first-order chi connectivity index (χ1) is 10.6. The lowest BCUT2D eigenvalue weighted by Gasteiger charge is -2.26. The maximum absolute atomic E-state index is 12.8. The van der Waals surface area contributed by atoms with Gasteiger partial charge in [0.1, 0.15) is 5.82 Å². The van der Waals surface area contributed by atoms with Gasteiger partial charge in [0, 0.05) is 26.1 Å². The zero-order valence-electron chi connectivity index (χ0n) is 13.4. The predicted octanol–water partition coefficient (Wildman–Crippen LogP) is 0.404. The van der Waals surface area contributed by atoms with E-state index in [0.29, 0.717) is 17.7 Å². The minimum atomic E-state index is -0.294. The molecule has 7 nitrogen and oxygen atoms in total. The Morgan fingerprint density at radius 3 is 2.50 bits per heavy atom. The molecule has 2 aromatic rings. The molecule has 120 valence electrons. The van der Waals surface area contributed by atoms with Crippen LogP contribution in [0.2, 0.25) is 0 Å². The SMILES string of the molecule is CCc1nc2c(c(=O)n(CC)c(=O)n2C)n1C1CCNCC1. The van der Waals surface area contributed by atoms with Gasteiger partial charge in [-0.1, -0.05) is 6.92 Å². The highest BCUT2D eigenvalue weighted by Gasteiger charge is 2.25. The molecule has 0 saturated carbocycles. The molecule has 1 saturated heterocycles. The van der Waals surface area contributed by atoms with Crippen LogP contribution in [0.4, 0.5) is 0 Å². The third kappa shape index (κ3) is 2.11. The normalized spacial score (nSPS) is 16.5. The van der Waals surface area contributed by atoms with Gasteiger partial charge in [0.05, 0.1) is 0 Å². The molecule has 22 heavy (non-hydrogen) atoms. The van der Waals surface area contributed by atoms with Crippen LogP contribution in [-0.2, 0) is 20.0 Å². The summed E-state index contributed by atoms with van der Waals surface area (Å²) in [5.74, 6) is 0.892. The molecular weight excluding hydrogens is 282 g/mol. The second kappa shape index (κ2) is 5.72. The summed E-state index contributed by atoms with van der Waals surface area (Å²) in [5, 5.41) is 3.35. The minimum absolute atomic E-state index is 0.216. The summed E-state index contributed by atoms with van der Waals surface area (Å²) < 4.78 is 4.88. The van der Waals surface area contributed by atoms with Gasteiger partial charge < -0.3 is 9.88 Å². The van der Waals surface area contributed by atoms with Gasteiger partial charge in [-0.3, -0.25) is 13.9 Å². The van der Waals surface area contributed by atoms with E-state index in [2.05, 4.69) is 14.9 Å². The molecule has 0 amide bonds. The fourth-order valence-corrected chi connectivity index (χ4v) is 3.37. The Labute approximate surface area is 128 Å². The van der Waals surface area contributed by atoms with Crippen molar-refractivity contribution in [3.8, 4) is 0 Å². The van der Waals surface area contributed by atoms with Crippen molar-refractivity contribution in [1.82, 2.24) is 24.0 Å². The Morgan fingerprint density at radius 2 is 1.91 bits per heavy atom. The number of hydrogen-bond donors (Lipinski definition) is 1. The van der Waals surface area contributed by atoms with E-state index < -0.39 is 0 Å². The monoisotopic (exact) mass is 305 g/mol. The second-order valence-electron chi connectivity index (χ2n) is 5.80. The van der Waals surface area contributed by atoms with Gasteiger partial charge >= 0.3 is 5.69 Å². The van der Waals surface area contributed by atoms with Crippen LogP contribution in [0.25, 0.3) is 11.2 Å². The number of piperidine rings is 1. The Morgan fingerprint density at radius 1 is 1.23 bits per heavy atom. The minimum Gasteiger partial charge on any atom is -0.319 e. The molecular formula is C15H23N5O2. The van der Waals surface area contributed by atoms with E-state index in [-0.39, 0.29) is 17.3 Å². The highest BCUT2D eigenvalue weighted by atomic mass is 16.2. The van der Waals surface area contributed by atoms with Gasteiger partial charge in [0.15, 0.2) is 11.2 Å². The molecule has 0 bridgehead atoms. The second-order valence-corrected chi connectivity index (χ2v) is 5.80. The van der Waals surface area contributed by atoms with Crippen LogP contribution >= 0.6 is 0 Å². The highest BCUT2D eigenvalue weighted by molar-refractivity contribution is 5.71. The predicted molar refractivity (Wildman–Crippen MR) is 85.4 cm³/mol. The number of rotatable bonds is 3. The van der Waals surface area contributed by atoms with E-state index in [1.807, 2.05) is 13.8 Å². The van der Waals surface area contributed by atoms with Crippen molar-refractivity contribution in [2.75, 3.05) is 13.1 Å². The van der Waals surface area contributed by atoms with Crippen molar-refractivity contribution >= 4 is 11.2 Å². The third-order valence-corrected chi connectivity index (χ3v) is 4.56. The van der Waals surface area contributed by atoms with Crippen molar-refractivity contribution in [1.29, 1.82) is 0 Å². The largest absolute Gasteiger partial charge is 0.332 e. The number of aromatic nitrogens is 4. The van der Waals surface area contributed by atoms with Crippen molar-refractivity contribution in [3.63, 3.8) is 0 Å². The highest BCUT2D eigenvalue weighted by Crippen LogP contribution is 2.24. The first-order valence-corrected chi connectivity index (χ1v) is 8.01. The topological polar surface area (TPSA) is 73.8 Å². The lowest BCUT2D eigenvalue weighted by atomic mass is 10.1.